The molecule has 0 aromatic carbocycles. The molecule has 1 aliphatic carbocycles. The largest absolute Gasteiger partial charge is 0.481 e. The number of thioether (sulfide) groups is 1. The normalized spacial score (nSPS) is 23.8. The van der Waals surface area contributed by atoms with Crippen molar-refractivity contribution in [2.45, 2.75) is 61.9 Å². The van der Waals surface area contributed by atoms with Crippen molar-refractivity contribution in [3.05, 3.63) is 39.7 Å². The van der Waals surface area contributed by atoms with E-state index in [1.54, 1.807) is 23.1 Å². The summed E-state index contributed by atoms with van der Waals surface area (Å²) in [4.78, 5) is 11.8. The number of halogens is 1. The zero-order valence-corrected chi connectivity index (χ0v) is 19.3. The van der Waals surface area contributed by atoms with Crippen LogP contribution in [-0.2, 0) is 4.79 Å². The van der Waals surface area contributed by atoms with E-state index in [0.29, 0.717) is 12.2 Å². The van der Waals surface area contributed by atoms with Gasteiger partial charge < -0.3 is 15.3 Å². The van der Waals surface area contributed by atoms with Crippen molar-refractivity contribution in [3.63, 3.8) is 0 Å². The predicted molar refractivity (Wildman–Crippen MR) is 120 cm³/mol. The second kappa shape index (κ2) is 12.2. The number of thiophene rings is 1. The Morgan fingerprint density at radius 1 is 1.43 bits per heavy atom. The highest BCUT2D eigenvalue weighted by atomic mass is 79.9. The van der Waals surface area contributed by atoms with Gasteiger partial charge in [-0.15, -0.1) is 23.1 Å². The Kier molecular flexibility index (Phi) is 10.3. The molecule has 1 unspecified atom stereocenters. The maximum Gasteiger partial charge on any atom is 0.303 e. The summed E-state index contributed by atoms with van der Waals surface area (Å²) in [5.41, 5.74) is 0. The van der Waals surface area contributed by atoms with Gasteiger partial charge in [0.25, 0.3) is 0 Å². The van der Waals surface area contributed by atoms with Gasteiger partial charge in [0, 0.05) is 21.5 Å². The van der Waals surface area contributed by atoms with Crippen LogP contribution in [0, 0.1) is 18.8 Å². The number of aliphatic hydroxyl groups is 2. The van der Waals surface area contributed by atoms with Crippen LogP contribution in [0.5, 0.6) is 0 Å². The molecule has 1 heterocycles. The Morgan fingerprint density at radius 2 is 2.21 bits per heavy atom. The molecule has 1 aromatic heterocycles. The molecule has 0 spiro atoms. The number of carboxylic acids is 1. The maximum absolute atomic E-state index is 10.5. The molecule has 156 valence electrons. The van der Waals surface area contributed by atoms with Crippen LogP contribution in [-0.4, -0.2) is 39.2 Å². The fraction of sp³-hybridized carbons (Fsp3) is 0.571. The molecular weight excluding hydrogens is 460 g/mol. The maximum atomic E-state index is 10.5. The lowest BCUT2D eigenvalue weighted by atomic mass is 9.90. The van der Waals surface area contributed by atoms with Crippen molar-refractivity contribution in [3.8, 4) is 0 Å². The zero-order chi connectivity index (χ0) is 20.5. The minimum absolute atomic E-state index is 0.169. The second-order valence-electron chi connectivity index (χ2n) is 7.20. The van der Waals surface area contributed by atoms with Gasteiger partial charge in [-0.2, -0.15) is 0 Å². The van der Waals surface area contributed by atoms with Crippen LogP contribution in [0.1, 0.15) is 43.4 Å². The summed E-state index contributed by atoms with van der Waals surface area (Å²) in [6.07, 6.45) is 11.3. The quantitative estimate of drug-likeness (QED) is 0.220. The highest BCUT2D eigenvalue weighted by Crippen LogP contribution is 2.36. The van der Waals surface area contributed by atoms with Gasteiger partial charge in [-0.25, -0.2) is 0 Å². The molecule has 7 heteroatoms. The number of aliphatic carboxylic acids is 1. The van der Waals surface area contributed by atoms with E-state index in [4.69, 9.17) is 5.11 Å². The van der Waals surface area contributed by atoms with Crippen LogP contribution in [0.3, 0.4) is 0 Å². The number of allylic oxidation sites excluding steroid dienone is 3. The number of rotatable bonds is 11. The van der Waals surface area contributed by atoms with Crippen LogP contribution in [0.2, 0.25) is 0 Å². The third-order valence-electron chi connectivity index (χ3n) is 4.99. The summed E-state index contributed by atoms with van der Waals surface area (Å²) < 4.78 is 2.31. The van der Waals surface area contributed by atoms with E-state index in [9.17, 15) is 15.0 Å². The minimum Gasteiger partial charge on any atom is -0.481 e. The van der Waals surface area contributed by atoms with Crippen molar-refractivity contribution >= 4 is 45.0 Å². The molecule has 1 fully saturated rings. The van der Waals surface area contributed by atoms with Crippen molar-refractivity contribution in [2.75, 3.05) is 5.75 Å². The Bertz CT molecular complexity index is 666. The van der Waals surface area contributed by atoms with Crippen LogP contribution in [0.4, 0.5) is 0 Å². The molecule has 1 saturated carbocycles. The molecule has 0 amide bonds. The topological polar surface area (TPSA) is 77.8 Å². The molecule has 2 rings (SSSR count). The van der Waals surface area contributed by atoms with Crippen LogP contribution < -0.4 is 0 Å². The molecule has 0 bridgehead atoms. The number of hydrogen-bond donors (Lipinski definition) is 3. The molecule has 0 aliphatic heterocycles. The lowest BCUT2D eigenvalue weighted by Gasteiger charge is -2.18. The van der Waals surface area contributed by atoms with Gasteiger partial charge in [-0.3, -0.25) is 4.79 Å². The van der Waals surface area contributed by atoms with E-state index in [1.165, 1.54) is 9.09 Å². The number of carboxylic acid groups (broad SMARTS) is 1. The molecule has 0 radical (unpaired) electrons. The first-order valence-corrected chi connectivity index (χ1v) is 12.3. The molecule has 1 aliphatic rings. The summed E-state index contributed by atoms with van der Waals surface area (Å²) in [6, 6.07) is 2.09. The average Bonchev–Trinajstić information content (AvgIpc) is 3.16. The Balaban J connectivity index is 1.76. The third kappa shape index (κ3) is 8.03. The number of hydrogen-bond acceptors (Lipinski definition) is 5. The minimum atomic E-state index is -0.761. The first-order chi connectivity index (χ1) is 13.4. The fourth-order valence-electron chi connectivity index (χ4n) is 3.39. The number of unbranched alkanes of at least 4 members (excludes halogenated alkanes) is 1. The fourth-order valence-corrected chi connectivity index (χ4v) is 6.26. The van der Waals surface area contributed by atoms with Gasteiger partial charge >= 0.3 is 5.97 Å². The second-order valence-corrected chi connectivity index (χ2v) is 10.6. The van der Waals surface area contributed by atoms with E-state index >= 15 is 0 Å². The lowest BCUT2D eigenvalue weighted by Crippen LogP contribution is -2.18. The highest BCUT2D eigenvalue weighted by Gasteiger charge is 2.32. The molecule has 0 saturated heterocycles. The van der Waals surface area contributed by atoms with Gasteiger partial charge in [-0.05, 0) is 72.9 Å². The van der Waals surface area contributed by atoms with Gasteiger partial charge in [0.1, 0.15) is 0 Å². The molecular formula is C21H29BrO4S2. The predicted octanol–water partition coefficient (Wildman–Crippen LogP) is 5.42. The summed E-state index contributed by atoms with van der Waals surface area (Å²) >= 11 is 6.90. The molecule has 3 N–H and O–H groups in total. The van der Waals surface area contributed by atoms with Gasteiger partial charge in [-0.1, -0.05) is 24.3 Å². The Labute approximate surface area is 183 Å². The van der Waals surface area contributed by atoms with Crippen LogP contribution in [0.15, 0.2) is 39.1 Å². The van der Waals surface area contributed by atoms with Crippen molar-refractivity contribution in [1.29, 1.82) is 0 Å². The molecule has 1 aromatic rings. The van der Waals surface area contributed by atoms with Crippen LogP contribution in [0.25, 0.3) is 0 Å². The molecule has 4 atom stereocenters. The first kappa shape index (κ1) is 23.7. The van der Waals surface area contributed by atoms with Crippen molar-refractivity contribution < 1.29 is 20.1 Å². The molecule has 4 nitrogen and oxygen atoms in total. The monoisotopic (exact) mass is 488 g/mol. The van der Waals surface area contributed by atoms with E-state index in [2.05, 4.69) is 41.1 Å². The van der Waals surface area contributed by atoms with E-state index in [0.717, 1.165) is 30.2 Å². The average molecular weight is 489 g/mol. The van der Waals surface area contributed by atoms with Gasteiger partial charge in [0.15, 0.2) is 0 Å². The zero-order valence-electron chi connectivity index (χ0n) is 16.1. The summed E-state index contributed by atoms with van der Waals surface area (Å²) in [7, 11) is 0. The van der Waals surface area contributed by atoms with E-state index < -0.39 is 12.1 Å². The SMILES string of the molecule is Cc1sc(SC[C@H](O)/C=C/[C@H]2CCC(O)[C@@H]2C/C=C\CCCC(=O)O)cc1Br. The van der Waals surface area contributed by atoms with E-state index in [-0.39, 0.29) is 24.4 Å². The number of aryl methyl sites for hydroxylation is 1. The van der Waals surface area contributed by atoms with Gasteiger partial charge in [0.05, 0.1) is 16.4 Å². The number of aliphatic hydroxyl groups excluding tert-OH is 2. The Morgan fingerprint density at radius 3 is 2.89 bits per heavy atom. The van der Waals surface area contributed by atoms with Crippen LogP contribution >= 0.6 is 39.0 Å². The van der Waals surface area contributed by atoms with Gasteiger partial charge in [0.2, 0.25) is 0 Å². The van der Waals surface area contributed by atoms with E-state index in [1.807, 2.05) is 12.2 Å². The summed E-state index contributed by atoms with van der Waals surface area (Å²) in [6.45, 7) is 2.07. The summed E-state index contributed by atoms with van der Waals surface area (Å²) in [5.74, 6) is 0.300. The lowest BCUT2D eigenvalue weighted by molar-refractivity contribution is -0.137. The highest BCUT2D eigenvalue weighted by molar-refractivity contribution is 9.10. The summed E-state index contributed by atoms with van der Waals surface area (Å²) in [5, 5.41) is 29.2. The molecule has 28 heavy (non-hydrogen) atoms. The third-order valence-corrected chi connectivity index (χ3v) is 8.43. The smallest absolute Gasteiger partial charge is 0.303 e. The van der Waals surface area contributed by atoms with Crippen molar-refractivity contribution in [2.24, 2.45) is 11.8 Å². The Hall–Kier alpha value is -0.600. The van der Waals surface area contributed by atoms with Crippen molar-refractivity contribution in [1.82, 2.24) is 0 Å². The first-order valence-electron chi connectivity index (χ1n) is 9.66. The standard InChI is InChI=1S/C21H29BrO4S2/c1-14-18(22)12-21(28-14)27-13-16(23)10-8-15-9-11-19(24)17(15)6-4-2-3-5-7-20(25)26/h2,4,8,10,12,15-17,19,23-24H,3,5-7,9,11,13H2,1H3,(H,25,26)/b4-2-,10-8+/t15-,16+,17+,19?/m0/s1. The number of carbonyl (C=O) groups is 1.